The summed E-state index contributed by atoms with van der Waals surface area (Å²) in [5.74, 6) is 0.429. The van der Waals surface area contributed by atoms with Gasteiger partial charge in [0.05, 0.1) is 5.57 Å². The van der Waals surface area contributed by atoms with Crippen LogP contribution in [0.2, 0.25) is 0 Å². The fourth-order valence-corrected chi connectivity index (χ4v) is 4.21. The molecule has 0 unspecified atom stereocenters. The Morgan fingerprint density at radius 3 is 2.53 bits per heavy atom. The number of carbonyl (C=O) groups is 1. The highest BCUT2D eigenvalue weighted by Gasteiger charge is 2.29. The maximum absolute atomic E-state index is 13.0. The van der Waals surface area contributed by atoms with Gasteiger partial charge in [-0.05, 0) is 63.3 Å². The van der Waals surface area contributed by atoms with Crippen molar-refractivity contribution >= 4 is 22.6 Å². The zero-order chi connectivity index (χ0) is 26.6. The van der Waals surface area contributed by atoms with E-state index >= 15 is 0 Å². The SMILES string of the molecule is C=C(/C(C#N)=C/N(C)C)c1cc2cc(OCC(F)F)c(C3CCN(C(=O)OC(C)(C)C)CC3)cc2[nH]1. The summed E-state index contributed by atoms with van der Waals surface area (Å²) in [7, 11) is 3.64. The number of nitrogens with one attached hydrogen (secondary N) is 1. The first-order chi connectivity index (χ1) is 16.9. The molecule has 2 heterocycles. The summed E-state index contributed by atoms with van der Waals surface area (Å²) in [6.07, 6.45) is 0.0469. The number of aromatic amines is 1. The van der Waals surface area contributed by atoms with Crippen LogP contribution in [0, 0.1) is 11.3 Å². The Balaban J connectivity index is 1.89. The minimum atomic E-state index is -2.60. The Bertz CT molecular complexity index is 1180. The summed E-state index contributed by atoms with van der Waals surface area (Å²) in [4.78, 5) is 19.2. The van der Waals surface area contributed by atoms with Gasteiger partial charge in [-0.1, -0.05) is 6.58 Å². The second-order valence-corrected chi connectivity index (χ2v) is 10.2. The zero-order valence-electron chi connectivity index (χ0n) is 21.5. The Hall–Kier alpha value is -3.54. The summed E-state index contributed by atoms with van der Waals surface area (Å²) in [6, 6.07) is 7.67. The van der Waals surface area contributed by atoms with E-state index in [9.17, 15) is 18.8 Å². The third-order valence-corrected chi connectivity index (χ3v) is 5.86. The van der Waals surface area contributed by atoms with Gasteiger partial charge < -0.3 is 24.3 Å². The molecule has 3 rings (SSSR count). The molecule has 0 bridgehead atoms. The minimum Gasteiger partial charge on any atom is -0.487 e. The summed E-state index contributed by atoms with van der Waals surface area (Å²) in [5.41, 5.74) is 2.65. The van der Waals surface area contributed by atoms with E-state index in [4.69, 9.17) is 9.47 Å². The molecule has 1 aliphatic rings. The second-order valence-electron chi connectivity index (χ2n) is 10.2. The molecule has 9 heteroatoms. The van der Waals surface area contributed by atoms with Gasteiger partial charge in [-0.15, -0.1) is 0 Å². The van der Waals surface area contributed by atoms with E-state index < -0.39 is 18.6 Å². The van der Waals surface area contributed by atoms with Gasteiger partial charge in [0.1, 0.15) is 24.0 Å². The van der Waals surface area contributed by atoms with Crippen molar-refractivity contribution in [1.82, 2.24) is 14.8 Å². The van der Waals surface area contributed by atoms with Crippen LogP contribution >= 0.6 is 0 Å². The third kappa shape index (κ3) is 6.78. The van der Waals surface area contributed by atoms with Crippen LogP contribution in [-0.4, -0.2) is 66.7 Å². The van der Waals surface area contributed by atoms with Crippen LogP contribution in [0.1, 0.15) is 50.8 Å². The van der Waals surface area contributed by atoms with Crippen molar-refractivity contribution in [3.8, 4) is 11.8 Å². The van der Waals surface area contributed by atoms with Gasteiger partial charge in [-0.3, -0.25) is 0 Å². The number of H-pyrrole nitrogens is 1. The average Bonchev–Trinajstić information content (AvgIpc) is 3.22. The van der Waals surface area contributed by atoms with Gasteiger partial charge in [0.2, 0.25) is 0 Å². The molecule has 1 saturated heterocycles. The first-order valence-corrected chi connectivity index (χ1v) is 11.9. The number of likely N-dealkylation sites (tertiary alicyclic amines) is 1. The van der Waals surface area contributed by atoms with E-state index in [-0.39, 0.29) is 12.0 Å². The Kier molecular flexibility index (Phi) is 8.28. The first kappa shape index (κ1) is 27.1. The molecule has 0 radical (unpaired) electrons. The normalized spacial score (nSPS) is 15.2. The lowest BCUT2D eigenvalue weighted by Gasteiger charge is -2.34. The molecule has 2 aromatic rings. The van der Waals surface area contributed by atoms with Crippen molar-refractivity contribution in [2.75, 3.05) is 33.8 Å². The molecule has 7 nitrogen and oxygen atoms in total. The summed E-state index contributed by atoms with van der Waals surface area (Å²) in [5, 5.41) is 10.3. The number of amides is 1. The van der Waals surface area contributed by atoms with Gasteiger partial charge >= 0.3 is 6.09 Å². The molecular formula is C27H34F2N4O3. The predicted octanol–water partition coefficient (Wildman–Crippen LogP) is 5.91. The standard InChI is InChI=1S/C27H34F2N4O3/c1-17(20(14-30)15-32(5)6)22-11-19-12-24(35-16-25(28)29)21(13-23(19)31-22)18-7-9-33(10-8-18)26(34)36-27(2,3)4/h11-13,15,18,25,31H,1,7-10,16H2,2-6H3/b20-15+. The maximum Gasteiger partial charge on any atom is 0.410 e. The van der Waals surface area contributed by atoms with Crippen molar-refractivity contribution in [2.24, 2.45) is 0 Å². The van der Waals surface area contributed by atoms with Crippen molar-refractivity contribution in [1.29, 1.82) is 5.26 Å². The number of rotatable bonds is 7. The van der Waals surface area contributed by atoms with Crippen LogP contribution in [0.3, 0.4) is 0 Å². The number of allylic oxidation sites excluding steroid dienone is 2. The molecule has 1 fully saturated rings. The molecule has 0 spiro atoms. The number of fused-ring (bicyclic) bond motifs is 1. The molecule has 0 aliphatic carbocycles. The molecule has 194 valence electrons. The largest absolute Gasteiger partial charge is 0.487 e. The van der Waals surface area contributed by atoms with Crippen LogP contribution < -0.4 is 4.74 Å². The summed E-state index contributed by atoms with van der Waals surface area (Å²) < 4.78 is 37.0. The molecule has 36 heavy (non-hydrogen) atoms. The van der Waals surface area contributed by atoms with Crippen molar-refractivity contribution in [3.05, 3.63) is 47.8 Å². The number of hydrogen-bond donors (Lipinski definition) is 1. The number of carbonyl (C=O) groups excluding carboxylic acids is 1. The lowest BCUT2D eigenvalue weighted by molar-refractivity contribution is 0.0203. The van der Waals surface area contributed by atoms with E-state index in [1.54, 1.807) is 22.1 Å². The van der Waals surface area contributed by atoms with Crippen molar-refractivity contribution in [2.45, 2.75) is 51.6 Å². The molecule has 1 amide bonds. The molecule has 1 aromatic heterocycles. The zero-order valence-corrected chi connectivity index (χ0v) is 21.5. The average molecular weight is 501 g/mol. The molecule has 1 aromatic carbocycles. The fourth-order valence-electron chi connectivity index (χ4n) is 4.21. The van der Waals surface area contributed by atoms with Gasteiger partial charge in [0.25, 0.3) is 6.43 Å². The van der Waals surface area contributed by atoms with Crippen molar-refractivity contribution < 1.29 is 23.0 Å². The highest BCUT2D eigenvalue weighted by molar-refractivity contribution is 5.90. The third-order valence-electron chi connectivity index (χ3n) is 5.86. The van der Waals surface area contributed by atoms with E-state index in [0.717, 1.165) is 16.5 Å². The van der Waals surface area contributed by atoms with E-state index in [0.29, 0.717) is 48.5 Å². The van der Waals surface area contributed by atoms with Crippen LogP contribution in [0.25, 0.3) is 16.5 Å². The molecule has 0 saturated carbocycles. The Morgan fingerprint density at radius 2 is 1.97 bits per heavy atom. The predicted molar refractivity (Wildman–Crippen MR) is 136 cm³/mol. The van der Waals surface area contributed by atoms with E-state index in [2.05, 4.69) is 17.6 Å². The highest BCUT2D eigenvalue weighted by Crippen LogP contribution is 2.38. The van der Waals surface area contributed by atoms with Gasteiger partial charge in [-0.25, -0.2) is 13.6 Å². The number of nitriles is 1. The molecule has 1 aliphatic heterocycles. The van der Waals surface area contributed by atoms with E-state index in [1.807, 2.05) is 47.0 Å². The smallest absolute Gasteiger partial charge is 0.410 e. The number of alkyl halides is 2. The maximum atomic E-state index is 13.0. The van der Waals surface area contributed by atoms with Crippen LogP contribution in [0.5, 0.6) is 5.75 Å². The summed E-state index contributed by atoms with van der Waals surface area (Å²) in [6.45, 7) is 9.84. The van der Waals surface area contributed by atoms with Gasteiger partial charge in [0, 0.05) is 55.6 Å². The number of nitrogens with zero attached hydrogens (tertiary/aromatic N) is 3. The number of hydrogen-bond acceptors (Lipinski definition) is 5. The fraction of sp³-hybridized carbons (Fsp3) is 0.481. The Labute approximate surface area is 211 Å². The highest BCUT2D eigenvalue weighted by atomic mass is 19.3. The lowest BCUT2D eigenvalue weighted by Crippen LogP contribution is -2.41. The topological polar surface area (TPSA) is 81.6 Å². The Morgan fingerprint density at radius 1 is 1.31 bits per heavy atom. The molecule has 0 atom stereocenters. The quantitative estimate of drug-likeness (QED) is 0.378. The van der Waals surface area contributed by atoms with Crippen LogP contribution in [0.15, 0.2) is 36.6 Å². The molecular weight excluding hydrogens is 466 g/mol. The number of piperidine rings is 1. The van der Waals surface area contributed by atoms with Gasteiger partial charge in [0.15, 0.2) is 0 Å². The van der Waals surface area contributed by atoms with Gasteiger partial charge in [-0.2, -0.15) is 5.26 Å². The monoisotopic (exact) mass is 500 g/mol. The summed E-state index contributed by atoms with van der Waals surface area (Å²) >= 11 is 0. The van der Waals surface area contributed by atoms with Crippen molar-refractivity contribution in [3.63, 3.8) is 0 Å². The van der Waals surface area contributed by atoms with E-state index in [1.165, 1.54) is 0 Å². The number of benzene rings is 1. The first-order valence-electron chi connectivity index (χ1n) is 11.9. The number of ether oxygens (including phenoxy) is 2. The van der Waals surface area contributed by atoms with Crippen LogP contribution in [-0.2, 0) is 4.74 Å². The number of halogens is 2. The lowest BCUT2D eigenvalue weighted by atomic mass is 9.88. The van der Waals surface area contributed by atoms with Crippen LogP contribution in [0.4, 0.5) is 13.6 Å². The molecule has 1 N–H and O–H groups in total. The number of aromatic nitrogens is 1. The minimum absolute atomic E-state index is 0.0269. The second kappa shape index (κ2) is 11.0.